The number of hydrogen-bond donors (Lipinski definition) is 2. The Hall–Kier alpha value is -1.92. The van der Waals surface area contributed by atoms with Crippen LogP contribution in [0.4, 0.5) is 10.2 Å². The molecule has 5 nitrogen and oxygen atoms in total. The minimum absolute atomic E-state index is 0.108. The highest BCUT2D eigenvalue weighted by atomic mass is 35.5. The molecule has 0 saturated heterocycles. The highest BCUT2D eigenvalue weighted by Gasteiger charge is 2.05. The first-order chi connectivity index (χ1) is 10.6. The van der Waals surface area contributed by atoms with E-state index in [-0.39, 0.29) is 17.0 Å². The third kappa shape index (κ3) is 4.82. The lowest BCUT2D eigenvalue weighted by atomic mass is 10.2. The molecule has 1 heterocycles. The first kappa shape index (κ1) is 16.5. The van der Waals surface area contributed by atoms with Crippen molar-refractivity contribution in [1.82, 2.24) is 15.3 Å². The molecule has 116 valence electrons. The fraction of sp³-hybridized carbons (Fsp3) is 0.214. The summed E-state index contributed by atoms with van der Waals surface area (Å²) < 4.78 is 12.8. The van der Waals surface area contributed by atoms with Crippen molar-refractivity contribution in [2.24, 2.45) is 0 Å². The van der Waals surface area contributed by atoms with Gasteiger partial charge in [0.2, 0.25) is 5.28 Å². The van der Waals surface area contributed by atoms with Crippen molar-refractivity contribution in [2.45, 2.75) is 6.42 Å². The largest absolute Gasteiger partial charge is 0.369 e. The minimum Gasteiger partial charge on any atom is -0.369 e. The van der Waals surface area contributed by atoms with Crippen molar-refractivity contribution in [3.8, 4) is 0 Å². The molecule has 0 unspecified atom stereocenters. The fourth-order valence-corrected chi connectivity index (χ4v) is 1.96. The number of aromatic nitrogens is 2. The molecule has 0 fully saturated rings. The maximum Gasteiger partial charge on any atom is 0.251 e. The summed E-state index contributed by atoms with van der Waals surface area (Å²) in [6, 6.07) is 5.37. The van der Waals surface area contributed by atoms with Gasteiger partial charge in [-0.25, -0.2) is 9.37 Å². The third-order valence-electron chi connectivity index (χ3n) is 2.75. The Balaban J connectivity index is 1.72. The summed E-state index contributed by atoms with van der Waals surface area (Å²) in [5.41, 5.74) is 0.417. The Morgan fingerprint density at radius 2 is 1.91 bits per heavy atom. The first-order valence-electron chi connectivity index (χ1n) is 6.52. The van der Waals surface area contributed by atoms with Crippen molar-refractivity contribution in [3.05, 3.63) is 52.1 Å². The van der Waals surface area contributed by atoms with Gasteiger partial charge in [-0.05, 0) is 42.3 Å². The molecule has 1 amide bonds. The van der Waals surface area contributed by atoms with Crippen molar-refractivity contribution >= 4 is 34.9 Å². The Labute approximate surface area is 136 Å². The van der Waals surface area contributed by atoms with E-state index in [9.17, 15) is 9.18 Å². The van der Waals surface area contributed by atoms with Gasteiger partial charge in [0.15, 0.2) is 0 Å². The number of nitrogens with one attached hydrogen (secondary N) is 2. The van der Waals surface area contributed by atoms with Gasteiger partial charge in [0, 0.05) is 18.7 Å². The monoisotopic (exact) mass is 342 g/mol. The van der Waals surface area contributed by atoms with E-state index >= 15 is 0 Å². The van der Waals surface area contributed by atoms with E-state index in [1.54, 1.807) is 0 Å². The van der Waals surface area contributed by atoms with E-state index in [1.165, 1.54) is 30.5 Å². The average molecular weight is 343 g/mol. The molecule has 2 N–H and O–H groups in total. The van der Waals surface area contributed by atoms with Crippen LogP contribution in [0.2, 0.25) is 10.3 Å². The summed E-state index contributed by atoms with van der Waals surface area (Å²) in [5.74, 6) is -0.171. The van der Waals surface area contributed by atoms with Crippen LogP contribution < -0.4 is 10.6 Å². The number of halogens is 3. The van der Waals surface area contributed by atoms with Crippen LogP contribution in [0.15, 0.2) is 30.5 Å². The highest BCUT2D eigenvalue weighted by Crippen LogP contribution is 2.18. The summed E-state index contributed by atoms with van der Waals surface area (Å²) in [7, 11) is 0. The molecule has 0 aliphatic carbocycles. The fourth-order valence-electron chi connectivity index (χ4n) is 1.67. The van der Waals surface area contributed by atoms with Crippen molar-refractivity contribution in [3.63, 3.8) is 0 Å². The maximum atomic E-state index is 12.8. The van der Waals surface area contributed by atoms with E-state index in [1.807, 2.05) is 0 Å². The summed E-state index contributed by atoms with van der Waals surface area (Å²) in [6.07, 6.45) is 2.07. The van der Waals surface area contributed by atoms with Gasteiger partial charge in [-0.1, -0.05) is 11.6 Å². The number of amides is 1. The van der Waals surface area contributed by atoms with Gasteiger partial charge in [0.05, 0.1) is 6.20 Å². The van der Waals surface area contributed by atoms with E-state index in [0.717, 1.165) is 0 Å². The molecule has 0 aliphatic rings. The third-order valence-corrected chi connectivity index (χ3v) is 3.21. The number of benzene rings is 1. The molecule has 1 aromatic carbocycles. The second-order valence-electron chi connectivity index (χ2n) is 4.38. The SMILES string of the molecule is O=C(NCCCNc1nc(Cl)ncc1Cl)c1ccc(F)cc1. The van der Waals surface area contributed by atoms with Gasteiger partial charge in [-0.2, -0.15) is 4.98 Å². The molecule has 22 heavy (non-hydrogen) atoms. The predicted octanol–water partition coefficient (Wildman–Crippen LogP) is 3.15. The van der Waals surface area contributed by atoms with E-state index in [0.29, 0.717) is 35.9 Å². The van der Waals surface area contributed by atoms with Crippen LogP contribution in [0.3, 0.4) is 0 Å². The number of anilines is 1. The minimum atomic E-state index is -0.374. The maximum absolute atomic E-state index is 12.8. The van der Waals surface area contributed by atoms with Crippen LogP contribution in [0.5, 0.6) is 0 Å². The lowest BCUT2D eigenvalue weighted by Crippen LogP contribution is -2.25. The zero-order valence-corrected chi connectivity index (χ0v) is 13.0. The number of hydrogen-bond acceptors (Lipinski definition) is 4. The number of carbonyl (C=O) groups is 1. The molecular formula is C14H13Cl2FN4O. The van der Waals surface area contributed by atoms with Crippen LogP contribution >= 0.6 is 23.2 Å². The molecule has 1 aromatic heterocycles. The van der Waals surface area contributed by atoms with Crippen LogP contribution in [0.25, 0.3) is 0 Å². The average Bonchev–Trinajstić information content (AvgIpc) is 2.50. The normalized spacial score (nSPS) is 10.3. The van der Waals surface area contributed by atoms with E-state index in [2.05, 4.69) is 20.6 Å². The van der Waals surface area contributed by atoms with Crippen LogP contribution in [-0.4, -0.2) is 29.0 Å². The van der Waals surface area contributed by atoms with Gasteiger partial charge in [-0.15, -0.1) is 0 Å². The molecule has 2 aromatic rings. The van der Waals surface area contributed by atoms with Crippen molar-refractivity contribution < 1.29 is 9.18 Å². The lowest BCUT2D eigenvalue weighted by molar-refractivity contribution is 0.0953. The number of rotatable bonds is 6. The Morgan fingerprint density at radius 3 is 2.64 bits per heavy atom. The molecular weight excluding hydrogens is 330 g/mol. The smallest absolute Gasteiger partial charge is 0.251 e. The molecule has 2 rings (SSSR count). The van der Waals surface area contributed by atoms with Crippen LogP contribution in [0.1, 0.15) is 16.8 Å². The van der Waals surface area contributed by atoms with Gasteiger partial charge >= 0.3 is 0 Å². The molecule has 8 heteroatoms. The van der Waals surface area contributed by atoms with Gasteiger partial charge in [0.25, 0.3) is 5.91 Å². The Kier molecular flexibility index (Phi) is 5.91. The molecule has 0 atom stereocenters. The predicted molar refractivity (Wildman–Crippen MR) is 83.9 cm³/mol. The van der Waals surface area contributed by atoms with Crippen molar-refractivity contribution in [2.75, 3.05) is 18.4 Å². The molecule has 0 saturated carbocycles. The number of carbonyl (C=O) groups excluding carboxylic acids is 1. The van der Waals surface area contributed by atoms with Crippen LogP contribution in [-0.2, 0) is 0 Å². The van der Waals surface area contributed by atoms with Crippen LogP contribution in [0, 0.1) is 5.82 Å². The van der Waals surface area contributed by atoms with Gasteiger partial charge in [-0.3, -0.25) is 4.79 Å². The van der Waals surface area contributed by atoms with Crippen molar-refractivity contribution in [1.29, 1.82) is 0 Å². The molecule has 0 bridgehead atoms. The Morgan fingerprint density at radius 1 is 1.18 bits per heavy atom. The van der Waals surface area contributed by atoms with E-state index < -0.39 is 0 Å². The first-order valence-corrected chi connectivity index (χ1v) is 7.27. The zero-order valence-electron chi connectivity index (χ0n) is 11.4. The number of nitrogens with zero attached hydrogens (tertiary/aromatic N) is 2. The van der Waals surface area contributed by atoms with Gasteiger partial charge in [0.1, 0.15) is 16.7 Å². The lowest BCUT2D eigenvalue weighted by Gasteiger charge is -2.08. The summed E-state index contributed by atoms with van der Waals surface area (Å²) in [5, 5.41) is 6.23. The summed E-state index contributed by atoms with van der Waals surface area (Å²) in [4.78, 5) is 19.5. The summed E-state index contributed by atoms with van der Waals surface area (Å²) in [6.45, 7) is 1.01. The quantitative estimate of drug-likeness (QED) is 0.625. The highest BCUT2D eigenvalue weighted by molar-refractivity contribution is 6.33. The topological polar surface area (TPSA) is 66.9 Å². The standard InChI is InChI=1S/C14H13Cl2FN4O/c15-11-8-20-14(16)21-12(11)18-6-1-7-19-13(22)9-2-4-10(17)5-3-9/h2-5,8H,1,6-7H2,(H,19,22)(H,18,20,21). The Bertz CT molecular complexity index is 652. The molecule has 0 aliphatic heterocycles. The summed E-state index contributed by atoms with van der Waals surface area (Å²) >= 11 is 11.6. The molecule has 0 radical (unpaired) electrons. The van der Waals surface area contributed by atoms with Gasteiger partial charge < -0.3 is 10.6 Å². The second kappa shape index (κ2) is 7.91. The molecule has 0 spiro atoms. The van der Waals surface area contributed by atoms with E-state index in [4.69, 9.17) is 23.2 Å². The zero-order chi connectivity index (χ0) is 15.9. The second-order valence-corrected chi connectivity index (χ2v) is 5.12.